The molecule has 2 aromatic rings. The molecule has 0 aliphatic carbocycles. The molecule has 0 aliphatic rings. The zero-order valence-electron chi connectivity index (χ0n) is 10.1. The third-order valence-electron chi connectivity index (χ3n) is 2.02. The van der Waals surface area contributed by atoms with Crippen molar-refractivity contribution in [2.75, 3.05) is 0 Å². The molecule has 74 valence electrons. The van der Waals surface area contributed by atoms with Gasteiger partial charge in [-0.15, -0.1) is 0 Å². The van der Waals surface area contributed by atoms with Gasteiger partial charge in [-0.2, -0.15) is 0 Å². The van der Waals surface area contributed by atoms with Crippen LogP contribution in [0.5, 0.6) is 0 Å². The molecule has 0 N–H and O–H groups in total. The van der Waals surface area contributed by atoms with E-state index < -0.39 is 0 Å². The van der Waals surface area contributed by atoms with E-state index in [0.29, 0.717) is 5.56 Å². The summed E-state index contributed by atoms with van der Waals surface area (Å²) in [5.41, 5.74) is 1.53. The van der Waals surface area contributed by atoms with Crippen molar-refractivity contribution in [3.8, 4) is 11.1 Å². The van der Waals surface area contributed by atoms with Gasteiger partial charge in [0.05, 0.1) is 0 Å². The number of halogens is 2. The van der Waals surface area contributed by atoms with E-state index in [-0.39, 0.29) is 31.7 Å². The van der Waals surface area contributed by atoms with Crippen LogP contribution in [0.25, 0.3) is 11.1 Å². The molecule has 0 radical (unpaired) electrons. The van der Waals surface area contributed by atoms with E-state index in [1.54, 1.807) is 6.07 Å². The minimum Gasteiger partial charge on any atom is -1.00 e. The van der Waals surface area contributed by atoms with Crippen LogP contribution in [0.4, 0.5) is 4.39 Å². The summed E-state index contributed by atoms with van der Waals surface area (Å²) >= 11 is 3.23. The average molecular weight is 277 g/mol. The predicted molar refractivity (Wildman–Crippen MR) is 67.5 cm³/mol. The second kappa shape index (κ2) is 5.63. The maximum atomic E-state index is 13.5. The molecular weight excluding hydrogens is 267 g/mol. The molecule has 0 aliphatic heterocycles. The van der Waals surface area contributed by atoms with Crippen LogP contribution >= 0.6 is 15.9 Å². The number of hydrogen-bond acceptors (Lipinski definition) is 0. The van der Waals surface area contributed by atoms with Gasteiger partial charge in [-0.25, -0.2) is 4.39 Å². The Kier molecular flexibility index (Phi) is 4.76. The van der Waals surface area contributed by atoms with Gasteiger partial charge in [-0.1, -0.05) is 52.3 Å². The standard InChI is InChI=1S/C12H8BrF.Mg.2H/c13-10-6-7-11(12(14)8-10)9-4-2-1-3-5-9;;;/h1-8H;;;/q;+2;2*-1. The van der Waals surface area contributed by atoms with Gasteiger partial charge >= 0.3 is 23.1 Å². The summed E-state index contributed by atoms with van der Waals surface area (Å²) < 4.78 is 14.3. The first-order chi connectivity index (χ1) is 6.77. The first-order valence-electron chi connectivity index (χ1n) is 4.28. The van der Waals surface area contributed by atoms with Gasteiger partial charge in [-0.05, 0) is 17.7 Å². The Labute approximate surface area is 116 Å². The number of benzene rings is 2. The fraction of sp³-hybridized carbons (Fsp3) is 0. The molecule has 3 heteroatoms. The third kappa shape index (κ3) is 3.03. The topological polar surface area (TPSA) is 0 Å². The summed E-state index contributed by atoms with van der Waals surface area (Å²) in [6, 6.07) is 14.6. The molecule has 0 heterocycles. The van der Waals surface area contributed by atoms with Gasteiger partial charge in [0, 0.05) is 10.0 Å². The number of hydrogen-bond donors (Lipinski definition) is 0. The van der Waals surface area contributed by atoms with Crippen LogP contribution in [0.1, 0.15) is 2.85 Å². The quantitative estimate of drug-likeness (QED) is 0.688. The van der Waals surface area contributed by atoms with Crippen LogP contribution in [0.2, 0.25) is 0 Å². The van der Waals surface area contributed by atoms with E-state index in [2.05, 4.69) is 15.9 Å². The first-order valence-corrected chi connectivity index (χ1v) is 5.07. The molecule has 15 heavy (non-hydrogen) atoms. The molecule has 0 aromatic heterocycles. The van der Waals surface area contributed by atoms with Crippen molar-refractivity contribution >= 4 is 39.0 Å². The summed E-state index contributed by atoms with van der Waals surface area (Å²) in [4.78, 5) is 0. The fourth-order valence-electron chi connectivity index (χ4n) is 1.34. The molecule has 0 atom stereocenters. The Morgan fingerprint density at radius 3 is 2.27 bits per heavy atom. The Balaban J connectivity index is 0. The van der Waals surface area contributed by atoms with E-state index in [0.717, 1.165) is 10.0 Å². The van der Waals surface area contributed by atoms with Crippen LogP contribution in [-0.4, -0.2) is 23.1 Å². The van der Waals surface area contributed by atoms with E-state index in [9.17, 15) is 4.39 Å². The molecule has 2 aromatic carbocycles. The molecular formula is C12H10BrFMg. The fourth-order valence-corrected chi connectivity index (χ4v) is 1.67. The Morgan fingerprint density at radius 1 is 1.00 bits per heavy atom. The van der Waals surface area contributed by atoms with Crippen LogP contribution < -0.4 is 0 Å². The molecule has 0 nitrogen and oxygen atoms in total. The van der Waals surface area contributed by atoms with Gasteiger partial charge < -0.3 is 2.85 Å². The monoisotopic (exact) mass is 276 g/mol. The normalized spacial score (nSPS) is 9.47. The molecule has 2 rings (SSSR count). The summed E-state index contributed by atoms with van der Waals surface area (Å²) in [5.74, 6) is -0.203. The van der Waals surface area contributed by atoms with Gasteiger partial charge in [0.15, 0.2) is 0 Å². The smallest absolute Gasteiger partial charge is 1.00 e. The average Bonchev–Trinajstić information content (AvgIpc) is 2.19. The SMILES string of the molecule is Fc1cc(Br)ccc1-c1ccccc1.[H-].[H-].[Mg+2]. The van der Waals surface area contributed by atoms with E-state index in [1.807, 2.05) is 36.4 Å². The molecule has 0 amide bonds. The summed E-state index contributed by atoms with van der Waals surface area (Å²) in [6.45, 7) is 0. The second-order valence-electron chi connectivity index (χ2n) is 2.99. The van der Waals surface area contributed by atoms with Crippen LogP contribution in [0, 0.1) is 5.82 Å². The van der Waals surface area contributed by atoms with Crippen molar-refractivity contribution in [2.45, 2.75) is 0 Å². The molecule has 0 unspecified atom stereocenters. The zero-order chi connectivity index (χ0) is 9.97. The molecule has 0 bridgehead atoms. The van der Waals surface area contributed by atoms with E-state index in [1.165, 1.54) is 6.07 Å². The first kappa shape index (κ1) is 12.7. The van der Waals surface area contributed by atoms with E-state index in [4.69, 9.17) is 0 Å². The Morgan fingerprint density at radius 2 is 1.67 bits per heavy atom. The molecule has 0 spiro atoms. The maximum Gasteiger partial charge on any atom is 2.00 e. The Bertz CT molecular complexity index is 452. The molecule has 0 saturated heterocycles. The van der Waals surface area contributed by atoms with Gasteiger partial charge in [0.25, 0.3) is 0 Å². The van der Waals surface area contributed by atoms with Crippen molar-refractivity contribution < 1.29 is 7.24 Å². The van der Waals surface area contributed by atoms with Crippen LogP contribution in [-0.2, 0) is 0 Å². The second-order valence-corrected chi connectivity index (χ2v) is 3.91. The third-order valence-corrected chi connectivity index (χ3v) is 2.51. The minimum absolute atomic E-state index is 0. The van der Waals surface area contributed by atoms with Crippen LogP contribution in [0.3, 0.4) is 0 Å². The predicted octanol–water partition coefficient (Wildman–Crippen LogP) is 4.10. The van der Waals surface area contributed by atoms with Crippen molar-refractivity contribution in [3.63, 3.8) is 0 Å². The van der Waals surface area contributed by atoms with E-state index >= 15 is 0 Å². The maximum absolute atomic E-state index is 13.5. The van der Waals surface area contributed by atoms with Crippen LogP contribution in [0.15, 0.2) is 53.0 Å². The van der Waals surface area contributed by atoms with Crippen molar-refractivity contribution in [1.82, 2.24) is 0 Å². The summed E-state index contributed by atoms with van der Waals surface area (Å²) in [7, 11) is 0. The Hall–Kier alpha value is -0.384. The van der Waals surface area contributed by atoms with Gasteiger partial charge in [0.1, 0.15) is 5.82 Å². The zero-order valence-corrected chi connectivity index (χ0v) is 11.1. The molecule has 0 saturated carbocycles. The summed E-state index contributed by atoms with van der Waals surface area (Å²) in [6.07, 6.45) is 0. The summed E-state index contributed by atoms with van der Waals surface area (Å²) in [5, 5.41) is 0. The van der Waals surface area contributed by atoms with Gasteiger partial charge in [-0.3, -0.25) is 0 Å². The van der Waals surface area contributed by atoms with Crippen molar-refractivity contribution in [2.24, 2.45) is 0 Å². The molecule has 0 fully saturated rings. The largest absolute Gasteiger partial charge is 2.00 e. The minimum atomic E-state index is -0.203. The van der Waals surface area contributed by atoms with Crippen molar-refractivity contribution in [1.29, 1.82) is 0 Å². The van der Waals surface area contributed by atoms with Gasteiger partial charge in [0.2, 0.25) is 0 Å². The van der Waals surface area contributed by atoms with Crippen molar-refractivity contribution in [3.05, 3.63) is 58.8 Å². The number of rotatable bonds is 1.